The number of piperazine rings is 1. The van der Waals surface area contributed by atoms with Crippen LogP contribution >= 0.6 is 0 Å². The van der Waals surface area contributed by atoms with Crippen LogP contribution in [0.5, 0.6) is 5.75 Å². The molecule has 0 saturated carbocycles. The number of esters is 1. The number of oxazole rings is 2. The first-order valence-corrected chi connectivity index (χ1v) is 10.6. The summed E-state index contributed by atoms with van der Waals surface area (Å²) in [6, 6.07) is 2.27. The van der Waals surface area contributed by atoms with Gasteiger partial charge in [0, 0.05) is 13.1 Å². The van der Waals surface area contributed by atoms with Crippen LogP contribution in [-0.2, 0) is 9.53 Å². The van der Waals surface area contributed by atoms with Gasteiger partial charge in [0.2, 0.25) is 5.89 Å². The number of aromatic nitrogens is 2. The lowest BCUT2D eigenvalue weighted by Gasteiger charge is -2.38. The molecule has 2 aliphatic rings. The Hall–Kier alpha value is -3.90. The number of amides is 1. The number of carbonyl (C=O) groups excluding carboxylic acids is 1. The standard InChI is InChI=1S/C21H20F2N4O7/c1-2-31-18(28)21(22,23)34-14-6-5-13(17-24-7-8-32-17)16-15(14)25-19(33-16)26-9-11-3-4-12(10-26)27(11)20(29)30/h5-8,11-12H,2-4,9-10H2,1H3,(H,29,30). The monoisotopic (exact) mass is 478 g/mol. The van der Waals surface area contributed by atoms with Crippen LogP contribution in [0.3, 0.4) is 0 Å². The maximum absolute atomic E-state index is 14.3. The fourth-order valence-corrected chi connectivity index (χ4v) is 4.48. The Bertz CT molecular complexity index is 1220. The van der Waals surface area contributed by atoms with Gasteiger partial charge in [-0.2, -0.15) is 13.8 Å². The third kappa shape index (κ3) is 3.66. The summed E-state index contributed by atoms with van der Waals surface area (Å²) in [6.45, 7) is 1.83. The van der Waals surface area contributed by atoms with Gasteiger partial charge in [0.05, 0.1) is 30.5 Å². The van der Waals surface area contributed by atoms with E-state index in [9.17, 15) is 23.5 Å². The topological polar surface area (TPSA) is 131 Å². The molecule has 13 heteroatoms. The Morgan fingerprint density at radius 1 is 1.26 bits per heavy atom. The molecule has 34 heavy (non-hydrogen) atoms. The lowest BCUT2D eigenvalue weighted by Crippen LogP contribution is -2.55. The van der Waals surface area contributed by atoms with Gasteiger partial charge in [-0.3, -0.25) is 4.90 Å². The summed E-state index contributed by atoms with van der Waals surface area (Å²) in [5, 5.41) is 9.49. The minimum atomic E-state index is -4.25. The van der Waals surface area contributed by atoms with Gasteiger partial charge in [-0.05, 0) is 31.9 Å². The van der Waals surface area contributed by atoms with E-state index in [1.54, 1.807) is 4.90 Å². The number of fused-ring (bicyclic) bond motifs is 3. The van der Waals surface area contributed by atoms with Crippen molar-refractivity contribution in [3.8, 4) is 17.2 Å². The molecule has 180 valence electrons. The number of anilines is 1. The van der Waals surface area contributed by atoms with E-state index >= 15 is 0 Å². The average Bonchev–Trinajstić information content (AvgIpc) is 3.52. The summed E-state index contributed by atoms with van der Waals surface area (Å²) in [4.78, 5) is 34.9. The van der Waals surface area contributed by atoms with Crippen LogP contribution in [0.15, 0.2) is 33.4 Å². The van der Waals surface area contributed by atoms with Crippen molar-refractivity contribution in [2.45, 2.75) is 38.0 Å². The van der Waals surface area contributed by atoms with Gasteiger partial charge in [0.15, 0.2) is 16.8 Å². The molecular formula is C21H20F2N4O7. The number of rotatable bonds is 6. The molecule has 0 aliphatic carbocycles. The van der Waals surface area contributed by atoms with E-state index in [0.717, 1.165) is 0 Å². The highest BCUT2D eigenvalue weighted by Gasteiger charge is 2.46. The number of nitrogens with zero attached hydrogens (tertiary/aromatic N) is 4. The van der Waals surface area contributed by atoms with E-state index in [4.69, 9.17) is 13.6 Å². The first-order valence-electron chi connectivity index (χ1n) is 10.6. The molecule has 1 aromatic carbocycles. The molecule has 2 aliphatic heterocycles. The van der Waals surface area contributed by atoms with Crippen molar-refractivity contribution in [1.29, 1.82) is 0 Å². The van der Waals surface area contributed by atoms with Crippen molar-refractivity contribution < 1.29 is 41.8 Å². The van der Waals surface area contributed by atoms with Crippen molar-refractivity contribution in [1.82, 2.24) is 14.9 Å². The highest BCUT2D eigenvalue weighted by Crippen LogP contribution is 2.40. The predicted octanol–water partition coefficient (Wildman–Crippen LogP) is 3.35. The number of ether oxygens (including phenoxy) is 2. The van der Waals surface area contributed by atoms with Crippen molar-refractivity contribution >= 4 is 29.2 Å². The second kappa shape index (κ2) is 8.15. The summed E-state index contributed by atoms with van der Waals surface area (Å²) in [5.74, 6) is -2.05. The molecule has 4 heterocycles. The second-order valence-corrected chi connectivity index (χ2v) is 7.94. The summed E-state index contributed by atoms with van der Waals surface area (Å²) in [6.07, 6.45) is -1.06. The molecule has 0 spiro atoms. The van der Waals surface area contributed by atoms with Crippen molar-refractivity contribution in [3.05, 3.63) is 24.6 Å². The molecule has 2 bridgehead atoms. The number of alkyl halides is 2. The first-order chi connectivity index (χ1) is 16.3. The zero-order valence-electron chi connectivity index (χ0n) is 17.9. The van der Waals surface area contributed by atoms with Gasteiger partial charge in [-0.15, -0.1) is 0 Å². The summed E-state index contributed by atoms with van der Waals surface area (Å²) >= 11 is 0. The van der Waals surface area contributed by atoms with E-state index in [1.165, 1.54) is 36.4 Å². The van der Waals surface area contributed by atoms with Crippen LogP contribution in [0.1, 0.15) is 19.8 Å². The smallest absolute Gasteiger partial charge is 0.465 e. The summed E-state index contributed by atoms with van der Waals surface area (Å²) in [5.41, 5.74) is 0.350. The van der Waals surface area contributed by atoms with Crippen LogP contribution < -0.4 is 9.64 Å². The van der Waals surface area contributed by atoms with E-state index in [2.05, 4.69) is 14.7 Å². The first kappa shape index (κ1) is 21.9. The van der Waals surface area contributed by atoms with Crippen molar-refractivity contribution in [2.75, 3.05) is 24.6 Å². The molecule has 3 aromatic rings. The van der Waals surface area contributed by atoms with Crippen LogP contribution in [-0.4, -0.2) is 69.9 Å². The van der Waals surface area contributed by atoms with E-state index < -0.39 is 23.9 Å². The molecule has 11 nitrogen and oxygen atoms in total. The lowest BCUT2D eigenvalue weighted by molar-refractivity contribution is -0.216. The highest BCUT2D eigenvalue weighted by molar-refractivity contribution is 5.93. The van der Waals surface area contributed by atoms with Crippen LogP contribution in [0.2, 0.25) is 0 Å². The van der Waals surface area contributed by atoms with Crippen LogP contribution in [0.4, 0.5) is 19.6 Å². The van der Waals surface area contributed by atoms with E-state index in [1.807, 2.05) is 0 Å². The third-order valence-corrected chi connectivity index (χ3v) is 5.88. The number of benzene rings is 1. The van der Waals surface area contributed by atoms with Crippen LogP contribution in [0.25, 0.3) is 22.6 Å². The fraction of sp³-hybridized carbons (Fsp3) is 0.429. The van der Waals surface area contributed by atoms with Crippen LogP contribution in [0, 0.1) is 0 Å². The SMILES string of the molecule is CCOC(=O)C(F)(F)Oc1ccc(-c2ncco2)c2oc(N3CC4CCC(C3)N4C(=O)O)nc12. The summed E-state index contributed by atoms with van der Waals surface area (Å²) < 4.78 is 49.0. The largest absolute Gasteiger partial charge is 0.502 e. The zero-order valence-corrected chi connectivity index (χ0v) is 17.9. The van der Waals surface area contributed by atoms with Gasteiger partial charge in [0.1, 0.15) is 6.26 Å². The average molecular weight is 478 g/mol. The Kier molecular flexibility index (Phi) is 5.25. The van der Waals surface area contributed by atoms with Crippen molar-refractivity contribution in [3.63, 3.8) is 0 Å². The molecule has 1 amide bonds. The predicted molar refractivity (Wildman–Crippen MR) is 111 cm³/mol. The van der Waals surface area contributed by atoms with Gasteiger partial charge >= 0.3 is 18.2 Å². The van der Waals surface area contributed by atoms with Gasteiger partial charge in [-0.25, -0.2) is 14.6 Å². The molecular weight excluding hydrogens is 458 g/mol. The van der Waals surface area contributed by atoms with Gasteiger partial charge in [-0.1, -0.05) is 0 Å². The maximum Gasteiger partial charge on any atom is 0.502 e. The van der Waals surface area contributed by atoms with E-state index in [0.29, 0.717) is 31.5 Å². The normalized spacial score (nSPS) is 20.1. The molecule has 2 unspecified atom stereocenters. The van der Waals surface area contributed by atoms with Crippen molar-refractivity contribution in [2.24, 2.45) is 0 Å². The Balaban J connectivity index is 1.54. The quantitative estimate of drug-likeness (QED) is 0.526. The molecule has 5 rings (SSSR count). The highest BCUT2D eigenvalue weighted by atomic mass is 19.3. The fourth-order valence-electron chi connectivity index (χ4n) is 4.48. The molecule has 2 atom stereocenters. The molecule has 0 radical (unpaired) electrons. The van der Waals surface area contributed by atoms with E-state index in [-0.39, 0.29) is 41.7 Å². The zero-order chi connectivity index (χ0) is 24.0. The molecule has 1 N–H and O–H groups in total. The maximum atomic E-state index is 14.3. The lowest BCUT2D eigenvalue weighted by atomic mass is 10.2. The third-order valence-electron chi connectivity index (χ3n) is 5.88. The minimum absolute atomic E-state index is 0.0670. The Morgan fingerprint density at radius 2 is 2.00 bits per heavy atom. The molecule has 2 aromatic heterocycles. The molecule has 2 fully saturated rings. The minimum Gasteiger partial charge on any atom is -0.465 e. The number of carbonyl (C=O) groups is 2. The number of carboxylic acid groups (broad SMARTS) is 1. The van der Waals surface area contributed by atoms with Gasteiger partial charge in [0.25, 0.3) is 6.01 Å². The number of halogens is 2. The number of hydrogen-bond donors (Lipinski definition) is 1. The molecule has 2 saturated heterocycles. The second-order valence-electron chi connectivity index (χ2n) is 7.94. The summed E-state index contributed by atoms with van der Waals surface area (Å²) in [7, 11) is 0. The Labute approximate surface area is 190 Å². The van der Waals surface area contributed by atoms with Gasteiger partial charge < -0.3 is 28.3 Å². The number of hydrogen-bond acceptors (Lipinski definition) is 9. The Morgan fingerprint density at radius 3 is 2.62 bits per heavy atom.